The van der Waals surface area contributed by atoms with Crippen LogP contribution in [0, 0.1) is 6.92 Å². The molecule has 0 saturated carbocycles. The van der Waals surface area contributed by atoms with Crippen molar-refractivity contribution >= 4 is 27.3 Å². The summed E-state index contributed by atoms with van der Waals surface area (Å²) in [5, 5.41) is 19.3. The predicted molar refractivity (Wildman–Crippen MR) is 113 cm³/mol. The number of nitrogens with zero attached hydrogens (tertiary/aromatic N) is 5. The molecule has 3 aromatic rings. The maximum Gasteiger partial charge on any atom is 0.257 e. The summed E-state index contributed by atoms with van der Waals surface area (Å²) in [4.78, 5) is 15.0. The number of amides is 1. The van der Waals surface area contributed by atoms with Crippen LogP contribution in [0.15, 0.2) is 47.6 Å². The van der Waals surface area contributed by atoms with Gasteiger partial charge in [-0.3, -0.25) is 4.79 Å². The highest BCUT2D eigenvalue weighted by molar-refractivity contribution is 7.89. The molecule has 1 fully saturated rings. The van der Waals surface area contributed by atoms with Crippen molar-refractivity contribution in [1.29, 1.82) is 0 Å². The molecular weight excluding hydrogens is 422 g/mol. The summed E-state index contributed by atoms with van der Waals surface area (Å²) in [5.41, 5.74) is 2.94. The van der Waals surface area contributed by atoms with Crippen LogP contribution in [0.3, 0.4) is 0 Å². The van der Waals surface area contributed by atoms with Crippen molar-refractivity contribution in [3.8, 4) is 5.69 Å². The number of hydrogen-bond acceptors (Lipinski definition) is 8. The number of morpholine rings is 1. The zero-order chi connectivity index (χ0) is 22.0. The summed E-state index contributed by atoms with van der Waals surface area (Å²) in [7, 11) is -3.97. The number of carbonyl (C=O) groups is 1. The fourth-order valence-electron chi connectivity index (χ4n) is 3.36. The molecule has 11 nitrogen and oxygen atoms in total. The van der Waals surface area contributed by atoms with E-state index in [0.717, 1.165) is 5.56 Å². The van der Waals surface area contributed by atoms with Gasteiger partial charge in [-0.25, -0.2) is 18.2 Å². The number of nitrogens with two attached hydrogens (primary N) is 1. The minimum absolute atomic E-state index is 0.132. The molecule has 31 heavy (non-hydrogen) atoms. The molecule has 3 N–H and O–H groups in total. The number of primary sulfonamides is 1. The van der Waals surface area contributed by atoms with E-state index in [1.54, 1.807) is 18.2 Å². The molecule has 0 spiro atoms. The first-order chi connectivity index (χ1) is 14.8. The number of sulfonamides is 1. The Bertz CT molecular complexity index is 1210. The highest BCUT2D eigenvalue weighted by Gasteiger charge is 2.22. The summed E-state index contributed by atoms with van der Waals surface area (Å²) in [6.07, 6.45) is 1.46. The Morgan fingerprint density at radius 3 is 2.58 bits per heavy atom. The summed E-state index contributed by atoms with van der Waals surface area (Å²) < 4.78 is 30.6. The van der Waals surface area contributed by atoms with Gasteiger partial charge in [0.2, 0.25) is 10.0 Å². The van der Waals surface area contributed by atoms with Crippen LogP contribution in [0.2, 0.25) is 0 Å². The molecule has 12 heteroatoms. The minimum atomic E-state index is -3.97. The Morgan fingerprint density at radius 2 is 1.90 bits per heavy atom. The minimum Gasteiger partial charge on any atom is -0.378 e. The average molecular weight is 443 g/mol. The maximum absolute atomic E-state index is 13.2. The summed E-state index contributed by atoms with van der Waals surface area (Å²) in [6, 6.07) is 9.61. The van der Waals surface area contributed by atoms with Crippen LogP contribution in [0.4, 0.5) is 11.4 Å². The van der Waals surface area contributed by atoms with E-state index in [1.165, 1.54) is 23.1 Å². The number of aryl methyl sites for hydroxylation is 1. The number of anilines is 2. The van der Waals surface area contributed by atoms with Gasteiger partial charge in [-0.2, -0.15) is 0 Å². The van der Waals surface area contributed by atoms with E-state index in [0.29, 0.717) is 43.4 Å². The van der Waals surface area contributed by atoms with Gasteiger partial charge in [0, 0.05) is 24.5 Å². The van der Waals surface area contributed by atoms with E-state index < -0.39 is 15.9 Å². The maximum atomic E-state index is 13.2. The fraction of sp³-hybridized carbons (Fsp3) is 0.263. The second-order valence-electron chi connectivity index (χ2n) is 7.03. The van der Waals surface area contributed by atoms with Crippen molar-refractivity contribution < 1.29 is 17.9 Å². The number of aromatic nitrogens is 4. The average Bonchev–Trinajstić information content (AvgIpc) is 3.29. The Balaban J connectivity index is 1.69. The molecule has 162 valence electrons. The van der Waals surface area contributed by atoms with Crippen LogP contribution in [0.25, 0.3) is 5.69 Å². The molecule has 1 aromatic heterocycles. The monoisotopic (exact) mass is 443 g/mol. The largest absolute Gasteiger partial charge is 0.378 e. The number of carbonyl (C=O) groups excluding carboxylic acids is 1. The van der Waals surface area contributed by atoms with E-state index in [-0.39, 0.29) is 10.5 Å². The molecule has 0 radical (unpaired) electrons. The van der Waals surface area contributed by atoms with Gasteiger partial charge in [0.05, 0.1) is 29.4 Å². The lowest BCUT2D eigenvalue weighted by atomic mass is 10.1. The number of rotatable bonds is 5. The number of nitrogens with one attached hydrogen (secondary N) is 1. The molecule has 0 aliphatic carbocycles. The van der Waals surface area contributed by atoms with Gasteiger partial charge in [0.25, 0.3) is 5.91 Å². The highest BCUT2D eigenvalue weighted by atomic mass is 32.2. The Kier molecular flexibility index (Phi) is 5.67. The SMILES string of the molecule is Cc1ccc(NC(=O)c2cc(S(N)(=O)=O)ccc2N2CCOCC2)cc1-n1cnnn1. The zero-order valence-corrected chi connectivity index (χ0v) is 17.5. The zero-order valence-electron chi connectivity index (χ0n) is 16.7. The highest BCUT2D eigenvalue weighted by Crippen LogP contribution is 2.26. The molecule has 2 aromatic carbocycles. The number of hydrogen-bond donors (Lipinski definition) is 2. The van der Waals surface area contributed by atoms with Gasteiger partial charge in [-0.15, -0.1) is 5.10 Å². The molecule has 1 aliphatic rings. The summed E-state index contributed by atoms with van der Waals surface area (Å²) >= 11 is 0. The van der Waals surface area contributed by atoms with Crippen LogP contribution >= 0.6 is 0 Å². The quantitative estimate of drug-likeness (QED) is 0.586. The van der Waals surface area contributed by atoms with E-state index in [2.05, 4.69) is 20.8 Å². The van der Waals surface area contributed by atoms with Gasteiger partial charge in [-0.1, -0.05) is 6.07 Å². The molecule has 1 saturated heterocycles. The Hall–Kier alpha value is -3.35. The third-order valence-electron chi connectivity index (χ3n) is 4.96. The Morgan fingerprint density at radius 1 is 1.13 bits per heavy atom. The molecule has 0 bridgehead atoms. The fourth-order valence-corrected chi connectivity index (χ4v) is 3.90. The number of benzene rings is 2. The van der Waals surface area contributed by atoms with Crippen molar-refractivity contribution in [3.05, 3.63) is 53.9 Å². The normalized spacial score (nSPS) is 14.5. The van der Waals surface area contributed by atoms with Gasteiger partial charge in [-0.05, 0) is 53.2 Å². The van der Waals surface area contributed by atoms with Crippen molar-refractivity contribution in [3.63, 3.8) is 0 Å². The molecule has 4 rings (SSSR count). The van der Waals surface area contributed by atoms with Crippen LogP contribution < -0.4 is 15.4 Å². The molecule has 0 unspecified atom stereocenters. The lowest BCUT2D eigenvalue weighted by molar-refractivity contribution is 0.102. The summed E-state index contributed by atoms with van der Waals surface area (Å²) in [5.74, 6) is -0.460. The Labute approximate surface area is 178 Å². The van der Waals surface area contributed by atoms with Gasteiger partial charge in [0.15, 0.2) is 0 Å². The standard InChI is InChI=1S/C19H21N7O4S/c1-13-2-3-14(10-18(13)26-12-21-23-24-26)22-19(27)16-11-15(31(20,28)29)4-5-17(16)25-6-8-30-9-7-25/h2-5,10-12H,6-9H2,1H3,(H,22,27)(H2,20,28,29). The topological polar surface area (TPSA) is 145 Å². The van der Waals surface area contributed by atoms with Gasteiger partial charge >= 0.3 is 0 Å². The first-order valence-electron chi connectivity index (χ1n) is 9.48. The van der Waals surface area contributed by atoms with Crippen molar-refractivity contribution in [2.24, 2.45) is 5.14 Å². The van der Waals surface area contributed by atoms with Crippen LogP contribution in [0.5, 0.6) is 0 Å². The van der Waals surface area contributed by atoms with E-state index in [1.807, 2.05) is 17.9 Å². The van der Waals surface area contributed by atoms with Crippen molar-refractivity contribution in [1.82, 2.24) is 20.2 Å². The molecular formula is C19H21N7O4S. The number of tetrazole rings is 1. The van der Waals surface area contributed by atoms with Crippen LogP contribution in [0.1, 0.15) is 15.9 Å². The smallest absolute Gasteiger partial charge is 0.257 e. The molecule has 0 atom stereocenters. The second kappa shape index (κ2) is 8.41. The first-order valence-corrected chi connectivity index (χ1v) is 11.0. The van der Waals surface area contributed by atoms with Crippen LogP contribution in [-0.2, 0) is 14.8 Å². The van der Waals surface area contributed by atoms with E-state index >= 15 is 0 Å². The van der Waals surface area contributed by atoms with Crippen molar-refractivity contribution in [2.75, 3.05) is 36.5 Å². The lowest BCUT2D eigenvalue weighted by Gasteiger charge is -2.30. The molecule has 1 amide bonds. The third-order valence-corrected chi connectivity index (χ3v) is 5.87. The molecule has 1 aliphatic heterocycles. The lowest BCUT2D eigenvalue weighted by Crippen LogP contribution is -2.37. The number of ether oxygens (including phenoxy) is 1. The van der Waals surface area contributed by atoms with Crippen LogP contribution in [-0.4, -0.2) is 60.8 Å². The molecule has 2 heterocycles. The van der Waals surface area contributed by atoms with E-state index in [9.17, 15) is 13.2 Å². The van der Waals surface area contributed by atoms with Gasteiger partial charge in [0.1, 0.15) is 6.33 Å². The van der Waals surface area contributed by atoms with Gasteiger partial charge < -0.3 is 15.0 Å². The van der Waals surface area contributed by atoms with E-state index in [4.69, 9.17) is 9.88 Å². The predicted octanol–water partition coefficient (Wildman–Crippen LogP) is 0.707. The second-order valence-corrected chi connectivity index (χ2v) is 8.59. The summed E-state index contributed by atoms with van der Waals surface area (Å²) in [6.45, 7) is 4.11. The van der Waals surface area contributed by atoms with Crippen molar-refractivity contribution in [2.45, 2.75) is 11.8 Å². The first kappa shape index (κ1) is 20.9. The third kappa shape index (κ3) is 4.55.